The third-order valence-electron chi connectivity index (χ3n) is 5.55. The number of alkyl halides is 6. The number of aliphatic hydroxyl groups is 3. The van der Waals surface area contributed by atoms with Gasteiger partial charge in [0.2, 0.25) is 0 Å². The first kappa shape index (κ1) is 28.5. The standard InChI is InChI=1S/C24H28F6O3S/c1-2-17-10-16(5-3-4-15-6-8-18(12-31)19(11-15)13-32)7-9-21(17)34-14-20(33)22(23(25,26)27)24(28,29)30/h6-11,20,22,31-33H,2-5,12-14H2,1H3. The second kappa shape index (κ2) is 12.3. The van der Waals surface area contributed by atoms with Crippen molar-refractivity contribution in [1.29, 1.82) is 0 Å². The molecule has 2 aromatic carbocycles. The van der Waals surface area contributed by atoms with Gasteiger partial charge < -0.3 is 15.3 Å². The Labute approximate surface area is 198 Å². The van der Waals surface area contributed by atoms with Crippen LogP contribution in [-0.4, -0.2) is 39.5 Å². The normalized spacial score (nSPS) is 13.5. The molecule has 0 bridgehead atoms. The molecule has 0 aliphatic carbocycles. The largest absolute Gasteiger partial charge is 0.403 e. The Morgan fingerprint density at radius 3 is 1.82 bits per heavy atom. The number of aryl methyl sites for hydroxylation is 3. The highest BCUT2D eigenvalue weighted by molar-refractivity contribution is 7.99. The van der Waals surface area contributed by atoms with E-state index in [-0.39, 0.29) is 13.2 Å². The van der Waals surface area contributed by atoms with Gasteiger partial charge in [0, 0.05) is 10.6 Å². The maximum Gasteiger partial charge on any atom is 0.403 e. The van der Waals surface area contributed by atoms with Crippen molar-refractivity contribution in [3.63, 3.8) is 0 Å². The fraction of sp³-hybridized carbons (Fsp3) is 0.500. The number of benzene rings is 2. The number of hydrogen-bond acceptors (Lipinski definition) is 4. The summed E-state index contributed by atoms with van der Waals surface area (Å²) in [5, 5.41) is 28.3. The van der Waals surface area contributed by atoms with E-state index in [0.29, 0.717) is 28.9 Å². The lowest BCUT2D eigenvalue weighted by molar-refractivity contribution is -0.303. The molecular formula is C24H28F6O3S. The lowest BCUT2D eigenvalue weighted by Gasteiger charge is -2.27. The van der Waals surface area contributed by atoms with E-state index in [1.807, 2.05) is 25.1 Å². The number of hydrogen-bond donors (Lipinski definition) is 3. The summed E-state index contributed by atoms with van der Waals surface area (Å²) in [4.78, 5) is 0.542. The first-order valence-corrected chi connectivity index (χ1v) is 11.8. The van der Waals surface area contributed by atoms with Gasteiger partial charge in [-0.1, -0.05) is 37.3 Å². The van der Waals surface area contributed by atoms with Gasteiger partial charge in [-0.25, -0.2) is 0 Å². The van der Waals surface area contributed by atoms with Crippen molar-refractivity contribution in [2.45, 2.75) is 69.2 Å². The Morgan fingerprint density at radius 2 is 1.32 bits per heavy atom. The molecule has 2 rings (SSSR count). The molecule has 190 valence electrons. The zero-order valence-electron chi connectivity index (χ0n) is 18.6. The zero-order valence-corrected chi connectivity index (χ0v) is 19.4. The van der Waals surface area contributed by atoms with Crippen molar-refractivity contribution >= 4 is 11.8 Å². The van der Waals surface area contributed by atoms with Crippen LogP contribution in [0.15, 0.2) is 41.3 Å². The Hall–Kier alpha value is -1.75. The van der Waals surface area contributed by atoms with Gasteiger partial charge in [0.05, 0.1) is 19.3 Å². The molecule has 0 spiro atoms. The molecule has 0 aliphatic rings. The lowest BCUT2D eigenvalue weighted by Crippen LogP contribution is -2.45. The summed E-state index contributed by atoms with van der Waals surface area (Å²) in [6.07, 6.45) is -11.0. The van der Waals surface area contributed by atoms with Crippen molar-refractivity contribution in [3.05, 3.63) is 64.2 Å². The van der Waals surface area contributed by atoms with E-state index in [0.717, 1.165) is 41.3 Å². The van der Waals surface area contributed by atoms with Crippen molar-refractivity contribution in [3.8, 4) is 0 Å². The average Bonchev–Trinajstić information content (AvgIpc) is 2.75. The quantitative estimate of drug-likeness (QED) is 0.272. The average molecular weight is 511 g/mol. The maximum absolute atomic E-state index is 12.8. The molecule has 0 fully saturated rings. The summed E-state index contributed by atoms with van der Waals surface area (Å²) in [5.41, 5.74) is 4.14. The smallest absolute Gasteiger partial charge is 0.392 e. The van der Waals surface area contributed by atoms with Crippen LogP contribution in [0, 0.1) is 5.92 Å². The van der Waals surface area contributed by atoms with E-state index in [9.17, 15) is 41.7 Å². The molecule has 1 unspecified atom stereocenters. The van der Waals surface area contributed by atoms with Crippen LogP contribution in [0.4, 0.5) is 26.3 Å². The highest BCUT2D eigenvalue weighted by Crippen LogP contribution is 2.42. The van der Waals surface area contributed by atoms with E-state index in [4.69, 9.17) is 0 Å². The van der Waals surface area contributed by atoms with Crippen molar-refractivity contribution in [2.75, 3.05) is 5.75 Å². The Kier molecular flexibility index (Phi) is 10.3. The van der Waals surface area contributed by atoms with Gasteiger partial charge in [-0.05, 0) is 59.6 Å². The lowest BCUT2D eigenvalue weighted by atomic mass is 9.99. The Bertz CT molecular complexity index is 916. The number of thioether (sulfide) groups is 1. The molecular weight excluding hydrogens is 482 g/mol. The molecule has 10 heteroatoms. The van der Waals surface area contributed by atoms with Gasteiger partial charge in [-0.3, -0.25) is 0 Å². The molecule has 0 radical (unpaired) electrons. The van der Waals surface area contributed by atoms with Crippen LogP contribution in [-0.2, 0) is 32.5 Å². The second-order valence-electron chi connectivity index (χ2n) is 8.01. The van der Waals surface area contributed by atoms with Crippen LogP contribution < -0.4 is 0 Å². The predicted octanol–water partition coefficient (Wildman–Crippen LogP) is 5.60. The Balaban J connectivity index is 2.00. The van der Waals surface area contributed by atoms with Crippen LogP contribution in [0.5, 0.6) is 0 Å². The number of rotatable bonds is 11. The summed E-state index contributed by atoms with van der Waals surface area (Å²) in [5.74, 6) is -4.51. The maximum atomic E-state index is 12.8. The third kappa shape index (κ3) is 7.90. The summed E-state index contributed by atoms with van der Waals surface area (Å²) in [6, 6.07) is 10.9. The minimum Gasteiger partial charge on any atom is -0.392 e. The van der Waals surface area contributed by atoms with Crippen LogP contribution in [0.3, 0.4) is 0 Å². The molecule has 0 amide bonds. The molecule has 0 aliphatic heterocycles. The monoisotopic (exact) mass is 510 g/mol. The van der Waals surface area contributed by atoms with E-state index >= 15 is 0 Å². The molecule has 3 N–H and O–H groups in total. The van der Waals surface area contributed by atoms with Crippen LogP contribution in [0.25, 0.3) is 0 Å². The van der Waals surface area contributed by atoms with Gasteiger partial charge in [0.15, 0.2) is 5.92 Å². The number of halogens is 6. The number of aliphatic hydroxyl groups excluding tert-OH is 3. The molecule has 0 heterocycles. The predicted molar refractivity (Wildman–Crippen MR) is 118 cm³/mol. The van der Waals surface area contributed by atoms with Gasteiger partial charge in [0.25, 0.3) is 0 Å². The van der Waals surface area contributed by atoms with Gasteiger partial charge in [-0.15, -0.1) is 11.8 Å². The summed E-state index contributed by atoms with van der Waals surface area (Å²) < 4.78 is 76.8. The minimum absolute atomic E-state index is 0.148. The SMILES string of the molecule is CCc1cc(CCCc2ccc(CO)c(CO)c2)ccc1SCC(O)C(C(F)(F)F)C(F)(F)F. The van der Waals surface area contributed by atoms with Crippen LogP contribution in [0.1, 0.15) is 41.2 Å². The molecule has 1 atom stereocenters. The van der Waals surface area contributed by atoms with Crippen LogP contribution >= 0.6 is 11.8 Å². The van der Waals surface area contributed by atoms with Crippen molar-refractivity contribution in [2.24, 2.45) is 5.92 Å². The first-order chi connectivity index (χ1) is 15.9. The zero-order chi connectivity index (χ0) is 25.5. The molecule has 34 heavy (non-hydrogen) atoms. The second-order valence-corrected chi connectivity index (χ2v) is 9.07. The molecule has 0 aromatic heterocycles. The first-order valence-electron chi connectivity index (χ1n) is 10.8. The molecule has 2 aromatic rings. The van der Waals surface area contributed by atoms with E-state index in [2.05, 4.69) is 0 Å². The topological polar surface area (TPSA) is 60.7 Å². The van der Waals surface area contributed by atoms with Gasteiger partial charge >= 0.3 is 12.4 Å². The highest BCUT2D eigenvalue weighted by Gasteiger charge is 2.60. The van der Waals surface area contributed by atoms with Crippen molar-refractivity contribution < 1.29 is 41.7 Å². The summed E-state index contributed by atoms with van der Waals surface area (Å²) in [6.45, 7) is 1.53. The molecule has 0 saturated carbocycles. The Morgan fingerprint density at radius 1 is 0.794 bits per heavy atom. The highest BCUT2D eigenvalue weighted by atomic mass is 32.2. The van der Waals surface area contributed by atoms with E-state index in [1.165, 1.54) is 0 Å². The fourth-order valence-electron chi connectivity index (χ4n) is 3.73. The summed E-state index contributed by atoms with van der Waals surface area (Å²) >= 11 is 0.783. The molecule has 0 saturated heterocycles. The third-order valence-corrected chi connectivity index (χ3v) is 6.77. The molecule has 3 nitrogen and oxygen atoms in total. The van der Waals surface area contributed by atoms with Gasteiger partial charge in [0.1, 0.15) is 0 Å². The van der Waals surface area contributed by atoms with E-state index in [1.54, 1.807) is 18.2 Å². The van der Waals surface area contributed by atoms with E-state index < -0.39 is 30.1 Å². The minimum atomic E-state index is -5.58. The summed E-state index contributed by atoms with van der Waals surface area (Å²) in [7, 11) is 0. The van der Waals surface area contributed by atoms with Crippen LogP contribution in [0.2, 0.25) is 0 Å². The van der Waals surface area contributed by atoms with Crippen molar-refractivity contribution in [1.82, 2.24) is 0 Å². The van der Waals surface area contributed by atoms with Gasteiger partial charge in [-0.2, -0.15) is 26.3 Å². The fourth-order valence-corrected chi connectivity index (χ4v) is 4.83.